The third kappa shape index (κ3) is 4.85. The summed E-state index contributed by atoms with van der Waals surface area (Å²) in [5, 5.41) is 22.1. The second-order valence-electron chi connectivity index (χ2n) is 8.51. The van der Waals surface area contributed by atoms with E-state index >= 15 is 0 Å². The Labute approximate surface area is 201 Å². The lowest BCUT2D eigenvalue weighted by Gasteiger charge is -2.40. The number of rotatable bonds is 6. The Balaban J connectivity index is 1.71. The largest absolute Gasteiger partial charge is 0.384 e. The molecule has 1 amide bonds. The molecule has 1 aliphatic heterocycles. The van der Waals surface area contributed by atoms with Gasteiger partial charge in [-0.2, -0.15) is 0 Å². The number of hydrogen-bond donors (Lipinski definition) is 3. The van der Waals surface area contributed by atoms with Gasteiger partial charge in [-0.3, -0.25) is 4.79 Å². The molecule has 2 aromatic rings. The van der Waals surface area contributed by atoms with Gasteiger partial charge in [0.05, 0.1) is 5.92 Å². The second-order valence-corrected chi connectivity index (χ2v) is 8.89. The summed E-state index contributed by atoms with van der Waals surface area (Å²) >= 11 is 6.78. The standard InChI is InChI=1S/C25H26ClF2N3O3/c1-15(32)30-11-9-16-5-3-2-4-6-18(16)24-22(26)23(31-34-24)19-14-29-12-10-25(19,33)17-7-8-20(27)21(28)13-17/h2-4,6-8,13,19,29,33H,5,9-12,14H2,1H3,(H,30,32). The first-order chi connectivity index (χ1) is 16.3. The van der Waals surface area contributed by atoms with E-state index in [2.05, 4.69) is 15.8 Å². The van der Waals surface area contributed by atoms with E-state index in [0.29, 0.717) is 43.9 Å². The van der Waals surface area contributed by atoms with Gasteiger partial charge in [0, 0.05) is 25.6 Å². The van der Waals surface area contributed by atoms with E-state index in [4.69, 9.17) is 16.1 Å². The van der Waals surface area contributed by atoms with Crippen LogP contribution in [0.2, 0.25) is 5.02 Å². The molecular formula is C25H26ClF2N3O3. The van der Waals surface area contributed by atoms with Crippen molar-refractivity contribution in [2.45, 2.75) is 37.7 Å². The van der Waals surface area contributed by atoms with Crippen LogP contribution in [0.1, 0.15) is 49.1 Å². The van der Waals surface area contributed by atoms with Crippen LogP contribution in [0.25, 0.3) is 5.57 Å². The Morgan fingerprint density at radius 3 is 2.94 bits per heavy atom. The van der Waals surface area contributed by atoms with Crippen LogP contribution < -0.4 is 10.6 Å². The van der Waals surface area contributed by atoms with Gasteiger partial charge in [0.2, 0.25) is 5.91 Å². The number of carbonyl (C=O) groups is 1. The number of piperidine rings is 1. The fourth-order valence-corrected chi connectivity index (χ4v) is 4.81. The Morgan fingerprint density at radius 2 is 2.18 bits per heavy atom. The number of nitrogens with one attached hydrogen (secondary N) is 2. The van der Waals surface area contributed by atoms with E-state index < -0.39 is 23.2 Å². The lowest BCUT2D eigenvalue weighted by molar-refractivity contribution is -0.118. The minimum Gasteiger partial charge on any atom is -0.384 e. The zero-order chi connectivity index (χ0) is 24.3. The van der Waals surface area contributed by atoms with Crippen molar-refractivity contribution in [3.63, 3.8) is 0 Å². The number of halogens is 3. The molecule has 0 bridgehead atoms. The summed E-state index contributed by atoms with van der Waals surface area (Å²) in [7, 11) is 0. The quantitative estimate of drug-likeness (QED) is 0.561. The smallest absolute Gasteiger partial charge is 0.216 e. The topological polar surface area (TPSA) is 87.4 Å². The molecule has 6 nitrogen and oxygen atoms in total. The summed E-state index contributed by atoms with van der Waals surface area (Å²) in [6.07, 6.45) is 9.18. The first-order valence-corrected chi connectivity index (χ1v) is 11.5. The summed E-state index contributed by atoms with van der Waals surface area (Å²) in [6.45, 7) is 2.75. The highest BCUT2D eigenvalue weighted by molar-refractivity contribution is 6.33. The molecule has 2 atom stereocenters. The van der Waals surface area contributed by atoms with Crippen LogP contribution >= 0.6 is 11.6 Å². The fourth-order valence-electron chi connectivity index (χ4n) is 4.51. The van der Waals surface area contributed by atoms with Gasteiger partial charge in [0.25, 0.3) is 0 Å². The van der Waals surface area contributed by atoms with Crippen LogP contribution in [0.15, 0.2) is 52.6 Å². The number of nitrogens with zero attached hydrogens (tertiary/aromatic N) is 1. The predicted octanol–water partition coefficient (Wildman–Crippen LogP) is 4.37. The molecule has 1 fully saturated rings. The predicted molar refractivity (Wildman–Crippen MR) is 125 cm³/mol. The van der Waals surface area contributed by atoms with Gasteiger partial charge in [-0.1, -0.05) is 52.7 Å². The number of aromatic nitrogens is 1. The Morgan fingerprint density at radius 1 is 1.35 bits per heavy atom. The van der Waals surface area contributed by atoms with Crippen LogP contribution in [0.5, 0.6) is 0 Å². The molecule has 2 heterocycles. The minimum atomic E-state index is -1.51. The lowest BCUT2D eigenvalue weighted by Crippen LogP contribution is -2.47. The SMILES string of the molecule is CC(=O)NCCC1=C(c2onc(C3CNCCC3(O)c3ccc(F)c(F)c3)c2Cl)C=CC=CC1. The zero-order valence-corrected chi connectivity index (χ0v) is 19.5. The average molecular weight is 490 g/mol. The molecular weight excluding hydrogens is 464 g/mol. The van der Waals surface area contributed by atoms with Crippen LogP contribution in [0.4, 0.5) is 8.78 Å². The van der Waals surface area contributed by atoms with E-state index in [0.717, 1.165) is 23.3 Å². The van der Waals surface area contributed by atoms with Crippen LogP contribution in [-0.4, -0.2) is 35.8 Å². The van der Waals surface area contributed by atoms with Crippen molar-refractivity contribution in [2.75, 3.05) is 19.6 Å². The highest BCUT2D eigenvalue weighted by Crippen LogP contribution is 2.45. The number of carbonyl (C=O) groups excluding carboxylic acids is 1. The molecule has 1 saturated heterocycles. The van der Waals surface area contributed by atoms with Crippen molar-refractivity contribution >= 4 is 23.1 Å². The molecule has 2 unspecified atom stereocenters. The van der Waals surface area contributed by atoms with Gasteiger partial charge < -0.3 is 20.3 Å². The van der Waals surface area contributed by atoms with Crippen molar-refractivity contribution in [3.8, 4) is 0 Å². The number of amides is 1. The maximum Gasteiger partial charge on any atom is 0.216 e. The van der Waals surface area contributed by atoms with Gasteiger partial charge in [-0.25, -0.2) is 8.78 Å². The van der Waals surface area contributed by atoms with Gasteiger partial charge >= 0.3 is 0 Å². The third-order valence-corrected chi connectivity index (χ3v) is 6.68. The van der Waals surface area contributed by atoms with Crippen LogP contribution in [0, 0.1) is 11.6 Å². The summed E-state index contributed by atoms with van der Waals surface area (Å²) in [4.78, 5) is 11.3. The maximum absolute atomic E-state index is 14.0. The highest BCUT2D eigenvalue weighted by Gasteiger charge is 2.45. The fraction of sp³-hybridized carbons (Fsp3) is 0.360. The molecule has 1 aromatic carbocycles. The normalized spacial score (nSPS) is 22.7. The molecule has 9 heteroatoms. The number of aliphatic hydroxyl groups is 1. The molecule has 3 N–H and O–H groups in total. The van der Waals surface area contributed by atoms with Crippen molar-refractivity contribution in [1.29, 1.82) is 0 Å². The first-order valence-electron chi connectivity index (χ1n) is 11.1. The Kier molecular flexibility index (Phi) is 7.30. The van der Waals surface area contributed by atoms with Crippen LogP contribution in [0.3, 0.4) is 0 Å². The van der Waals surface area contributed by atoms with Crippen LogP contribution in [-0.2, 0) is 10.4 Å². The van der Waals surface area contributed by atoms with E-state index in [1.54, 1.807) is 0 Å². The first kappa shape index (κ1) is 24.3. The number of hydrogen-bond acceptors (Lipinski definition) is 5. The van der Waals surface area contributed by atoms with Gasteiger partial charge in [-0.15, -0.1) is 0 Å². The highest BCUT2D eigenvalue weighted by atomic mass is 35.5. The Hall–Kier alpha value is -2.81. The van der Waals surface area contributed by atoms with Crippen molar-refractivity contribution in [3.05, 3.63) is 81.8 Å². The summed E-state index contributed by atoms with van der Waals surface area (Å²) in [5.74, 6) is -2.39. The molecule has 0 spiro atoms. The molecule has 34 heavy (non-hydrogen) atoms. The molecule has 180 valence electrons. The van der Waals surface area contributed by atoms with Crippen molar-refractivity contribution in [2.24, 2.45) is 0 Å². The number of benzene rings is 1. The third-order valence-electron chi connectivity index (χ3n) is 6.32. The molecule has 0 radical (unpaired) electrons. The van der Waals surface area contributed by atoms with Gasteiger partial charge in [0.15, 0.2) is 17.4 Å². The number of allylic oxidation sites excluding steroid dienone is 5. The summed E-state index contributed by atoms with van der Waals surface area (Å²) < 4.78 is 33.2. The average Bonchev–Trinajstić information content (AvgIpc) is 3.02. The second kappa shape index (κ2) is 10.2. The zero-order valence-electron chi connectivity index (χ0n) is 18.7. The van der Waals surface area contributed by atoms with E-state index in [9.17, 15) is 18.7 Å². The van der Waals surface area contributed by atoms with E-state index in [-0.39, 0.29) is 22.9 Å². The van der Waals surface area contributed by atoms with Gasteiger partial charge in [-0.05, 0) is 43.5 Å². The summed E-state index contributed by atoms with van der Waals surface area (Å²) in [6, 6.07) is 3.41. The van der Waals surface area contributed by atoms with E-state index in [1.165, 1.54) is 13.0 Å². The maximum atomic E-state index is 14.0. The molecule has 1 aliphatic carbocycles. The van der Waals surface area contributed by atoms with E-state index in [1.807, 2.05) is 24.3 Å². The molecule has 1 aromatic heterocycles. The van der Waals surface area contributed by atoms with Crippen molar-refractivity contribution < 1.29 is 23.2 Å². The van der Waals surface area contributed by atoms with Gasteiger partial charge in [0.1, 0.15) is 16.3 Å². The summed E-state index contributed by atoms with van der Waals surface area (Å²) in [5.41, 5.74) is 0.865. The minimum absolute atomic E-state index is 0.108. The van der Waals surface area contributed by atoms with Crippen molar-refractivity contribution in [1.82, 2.24) is 15.8 Å². The lowest BCUT2D eigenvalue weighted by atomic mass is 9.75. The Bertz CT molecular complexity index is 1170. The molecule has 2 aliphatic rings. The molecule has 0 saturated carbocycles. The molecule has 4 rings (SSSR count). The monoisotopic (exact) mass is 489 g/mol.